The summed E-state index contributed by atoms with van der Waals surface area (Å²) < 4.78 is 7.45. The van der Waals surface area contributed by atoms with Crippen molar-refractivity contribution in [2.24, 2.45) is 0 Å². The van der Waals surface area contributed by atoms with E-state index in [0.717, 1.165) is 39.8 Å². The van der Waals surface area contributed by atoms with Gasteiger partial charge in [-0.2, -0.15) is 5.26 Å². The number of nitrogens with zero attached hydrogens (tertiary/aromatic N) is 5. The fraction of sp³-hybridized carbons (Fsp3) is 0.127. The fourth-order valence-corrected chi connectivity index (χ4v) is 13.7. The van der Waals surface area contributed by atoms with Crippen molar-refractivity contribution in [3.05, 3.63) is 187 Å². The molecule has 12 aromatic rings. The lowest BCUT2D eigenvalue weighted by Gasteiger charge is -2.46. The van der Waals surface area contributed by atoms with Gasteiger partial charge in [0, 0.05) is 59.8 Å². The van der Waals surface area contributed by atoms with Crippen LogP contribution in [0, 0.1) is 11.3 Å². The van der Waals surface area contributed by atoms with Crippen LogP contribution in [0.2, 0.25) is 0 Å². The molecule has 3 aromatic heterocycles. The van der Waals surface area contributed by atoms with E-state index in [1.807, 2.05) is 11.3 Å². The van der Waals surface area contributed by atoms with Crippen LogP contribution in [-0.2, 0) is 10.8 Å². The summed E-state index contributed by atoms with van der Waals surface area (Å²) in [5, 5.41) is 18.6. The number of thiophene rings is 1. The molecule has 0 saturated carbocycles. The number of para-hydroxylation sites is 3. The van der Waals surface area contributed by atoms with E-state index in [1.165, 1.54) is 97.0 Å². The summed E-state index contributed by atoms with van der Waals surface area (Å²) in [5.74, 6) is 0. The van der Waals surface area contributed by atoms with Gasteiger partial charge < -0.3 is 18.9 Å². The van der Waals surface area contributed by atoms with Gasteiger partial charge in [0.1, 0.15) is 0 Å². The van der Waals surface area contributed by atoms with Gasteiger partial charge in [0.2, 0.25) is 0 Å². The molecule has 0 spiro atoms. The van der Waals surface area contributed by atoms with Crippen molar-refractivity contribution in [3.63, 3.8) is 0 Å². The van der Waals surface area contributed by atoms with Crippen LogP contribution < -0.4 is 26.2 Å². The summed E-state index contributed by atoms with van der Waals surface area (Å²) in [7, 11) is 0. The molecular weight excluding hydrogens is 870 g/mol. The van der Waals surface area contributed by atoms with Crippen LogP contribution in [-0.4, -0.2) is 15.8 Å². The molecule has 0 bridgehead atoms. The second kappa shape index (κ2) is 13.6. The van der Waals surface area contributed by atoms with Crippen LogP contribution in [0.4, 0.5) is 34.1 Å². The number of nitriles is 1. The van der Waals surface area contributed by atoms with Crippen LogP contribution in [0.3, 0.4) is 0 Å². The SMILES string of the molecule is CC(C)(C)c1ccc2c(c1)c1cc(C(C)(C)C)ccc1n2-c1ccc2c(c1)N(c1cccc3c1sc1ccccc13)c1cc(C#N)cc3c1B2c1cccc2c1N3c1cccc3c4ccccc4n-2c13. The molecule has 332 valence electrons. The van der Waals surface area contributed by atoms with Gasteiger partial charge in [-0.1, -0.05) is 133 Å². The van der Waals surface area contributed by atoms with Gasteiger partial charge in [0.05, 0.1) is 61.1 Å². The summed E-state index contributed by atoms with van der Waals surface area (Å²) in [6, 6.07) is 66.3. The molecule has 0 unspecified atom stereocenters. The summed E-state index contributed by atoms with van der Waals surface area (Å²) in [5.41, 5.74) is 20.6. The number of anilines is 6. The van der Waals surface area contributed by atoms with Gasteiger partial charge in [0.15, 0.2) is 0 Å². The lowest BCUT2D eigenvalue weighted by Crippen LogP contribution is -2.61. The molecule has 0 N–H and O–H groups in total. The Balaban J connectivity index is 1.07. The highest BCUT2D eigenvalue weighted by Crippen LogP contribution is 2.54. The molecule has 0 fully saturated rings. The molecule has 6 heterocycles. The van der Waals surface area contributed by atoms with E-state index in [0.29, 0.717) is 5.56 Å². The predicted octanol–water partition coefficient (Wildman–Crippen LogP) is 15.1. The zero-order valence-electron chi connectivity index (χ0n) is 39.9. The zero-order chi connectivity index (χ0) is 47.1. The standard InChI is InChI=1S/C63H46BN5S/c1-62(2,3)37-24-28-49-44(32-37)45-33-38(63(4,5)6)25-29-50(45)66(49)39-26-27-46-54(34-39)67(53-22-12-17-43-41-15-8-10-23-57(41)70-61(43)53)55-30-36(35-65)31-56-58(55)64(46)47-18-13-21-52-60(47)69(56)51-20-11-16-42-40-14-7-9-19-48(40)68(52)59(42)51/h7-34H,1-6H3. The van der Waals surface area contributed by atoms with Crippen molar-refractivity contribution >= 4 is 132 Å². The molecule has 9 aromatic carbocycles. The molecule has 7 heteroatoms. The third-order valence-electron chi connectivity index (χ3n) is 15.7. The van der Waals surface area contributed by atoms with E-state index in [-0.39, 0.29) is 17.5 Å². The third-order valence-corrected chi connectivity index (χ3v) is 16.9. The number of aromatic nitrogens is 2. The van der Waals surface area contributed by atoms with Crippen molar-refractivity contribution in [2.45, 2.75) is 52.4 Å². The van der Waals surface area contributed by atoms with E-state index in [4.69, 9.17) is 0 Å². The number of hydrogen-bond acceptors (Lipinski definition) is 4. The highest BCUT2D eigenvalue weighted by Gasteiger charge is 2.46. The highest BCUT2D eigenvalue weighted by atomic mass is 32.1. The lowest BCUT2D eigenvalue weighted by molar-refractivity contribution is 0.590. The van der Waals surface area contributed by atoms with Gasteiger partial charge in [-0.3, -0.25) is 0 Å². The number of fused-ring (bicyclic) bond motifs is 15. The van der Waals surface area contributed by atoms with Gasteiger partial charge >= 0.3 is 0 Å². The first kappa shape index (κ1) is 39.9. The molecule has 3 aliphatic rings. The second-order valence-corrected chi connectivity index (χ2v) is 22.7. The average Bonchev–Trinajstić information content (AvgIpc) is 4.03. The van der Waals surface area contributed by atoms with Crippen molar-refractivity contribution in [3.8, 4) is 17.4 Å². The molecule has 0 radical (unpaired) electrons. The molecular formula is C63H46BN5S. The van der Waals surface area contributed by atoms with Crippen molar-refractivity contribution in [1.29, 1.82) is 5.26 Å². The van der Waals surface area contributed by atoms with E-state index >= 15 is 0 Å². The zero-order valence-corrected chi connectivity index (χ0v) is 40.7. The Morgan fingerprint density at radius 2 is 1.07 bits per heavy atom. The first-order valence-electron chi connectivity index (χ1n) is 24.4. The molecule has 0 amide bonds. The monoisotopic (exact) mass is 915 g/mol. The normalized spacial score (nSPS) is 13.8. The topological polar surface area (TPSA) is 40.1 Å². The molecule has 70 heavy (non-hydrogen) atoms. The maximum Gasteiger partial charge on any atom is 0.252 e. The largest absolute Gasteiger partial charge is 0.310 e. The van der Waals surface area contributed by atoms with Crippen molar-refractivity contribution in [1.82, 2.24) is 9.13 Å². The van der Waals surface area contributed by atoms with Gasteiger partial charge in [-0.15, -0.1) is 11.3 Å². The van der Waals surface area contributed by atoms with E-state index in [1.54, 1.807) is 0 Å². The maximum atomic E-state index is 11.1. The smallest absolute Gasteiger partial charge is 0.252 e. The Morgan fingerprint density at radius 3 is 1.80 bits per heavy atom. The van der Waals surface area contributed by atoms with Crippen molar-refractivity contribution < 1.29 is 0 Å². The number of hydrogen-bond donors (Lipinski definition) is 0. The van der Waals surface area contributed by atoms with Gasteiger partial charge in [-0.05, 0) is 117 Å². The number of benzene rings is 9. The summed E-state index contributed by atoms with van der Waals surface area (Å²) in [4.78, 5) is 4.99. The summed E-state index contributed by atoms with van der Waals surface area (Å²) in [6.45, 7) is 13.7. The van der Waals surface area contributed by atoms with Crippen LogP contribution in [0.25, 0.3) is 75.2 Å². The van der Waals surface area contributed by atoms with Gasteiger partial charge in [-0.25, -0.2) is 0 Å². The summed E-state index contributed by atoms with van der Waals surface area (Å²) >= 11 is 1.85. The Labute approximate surface area is 410 Å². The minimum absolute atomic E-state index is 0.00650. The fourth-order valence-electron chi connectivity index (χ4n) is 12.5. The first-order valence-corrected chi connectivity index (χ1v) is 25.3. The second-order valence-electron chi connectivity index (χ2n) is 21.7. The van der Waals surface area contributed by atoms with E-state index < -0.39 is 0 Å². The van der Waals surface area contributed by atoms with Crippen LogP contribution in [0.5, 0.6) is 0 Å². The maximum absolute atomic E-state index is 11.1. The molecule has 3 aliphatic heterocycles. The first-order chi connectivity index (χ1) is 34.0. The third kappa shape index (κ3) is 5.16. The quantitative estimate of drug-likeness (QED) is 0.162. The molecule has 0 aliphatic carbocycles. The van der Waals surface area contributed by atoms with Crippen molar-refractivity contribution in [2.75, 3.05) is 9.80 Å². The van der Waals surface area contributed by atoms with E-state index in [9.17, 15) is 5.26 Å². The van der Waals surface area contributed by atoms with Gasteiger partial charge in [0.25, 0.3) is 6.71 Å². The highest BCUT2D eigenvalue weighted by molar-refractivity contribution is 7.26. The molecule has 0 atom stereocenters. The predicted molar refractivity (Wildman–Crippen MR) is 298 cm³/mol. The molecule has 15 rings (SSSR count). The number of rotatable bonds is 2. The Hall–Kier alpha value is -8.05. The Kier molecular flexibility index (Phi) is 7.75. The summed E-state index contributed by atoms with van der Waals surface area (Å²) in [6.07, 6.45) is 0. The van der Waals surface area contributed by atoms with Crippen LogP contribution in [0.15, 0.2) is 170 Å². The average molecular weight is 916 g/mol. The Bertz CT molecular complexity index is 4300. The lowest BCUT2D eigenvalue weighted by atomic mass is 9.33. The molecule has 0 saturated heterocycles. The minimum atomic E-state index is -0.115. The van der Waals surface area contributed by atoms with Crippen LogP contribution >= 0.6 is 11.3 Å². The molecule has 5 nitrogen and oxygen atoms in total. The minimum Gasteiger partial charge on any atom is -0.310 e. The Morgan fingerprint density at radius 1 is 0.457 bits per heavy atom. The van der Waals surface area contributed by atoms with E-state index in [2.05, 4.69) is 236 Å². The van der Waals surface area contributed by atoms with Crippen LogP contribution in [0.1, 0.15) is 58.2 Å².